The molecule has 8 nitrogen and oxygen atoms in total. The normalized spacial score (nSPS) is 11.0. The lowest BCUT2D eigenvalue weighted by molar-refractivity contribution is 0.104. The lowest BCUT2D eigenvalue weighted by Crippen LogP contribution is -2.11. The predicted octanol–water partition coefficient (Wildman–Crippen LogP) is 2.22. The molecule has 0 radical (unpaired) electrons. The number of hydrogen-bond donors (Lipinski definition) is 3. The number of sulfonamides is 1. The highest BCUT2D eigenvalue weighted by Gasteiger charge is 2.18. The molecular formula is C17H13N5O3S2. The van der Waals surface area contributed by atoms with Crippen LogP contribution in [0.3, 0.4) is 0 Å². The van der Waals surface area contributed by atoms with Crippen molar-refractivity contribution in [1.29, 1.82) is 5.26 Å². The minimum Gasteiger partial charge on any atom is -0.382 e. The number of ketones is 1. The topological polar surface area (TPSA) is 152 Å². The summed E-state index contributed by atoms with van der Waals surface area (Å²) in [5.74, 6) is -0.217. The molecule has 0 unspecified atom stereocenters. The zero-order valence-electron chi connectivity index (χ0n) is 13.7. The van der Waals surface area contributed by atoms with E-state index in [0.29, 0.717) is 21.9 Å². The smallest absolute Gasteiger partial charge is 0.238 e. The van der Waals surface area contributed by atoms with Crippen LogP contribution >= 0.6 is 11.3 Å². The summed E-state index contributed by atoms with van der Waals surface area (Å²) in [6.45, 7) is 0. The Morgan fingerprint density at radius 3 is 2.30 bits per heavy atom. The van der Waals surface area contributed by atoms with E-state index < -0.39 is 10.0 Å². The highest BCUT2D eigenvalue weighted by Crippen LogP contribution is 2.30. The van der Waals surface area contributed by atoms with Gasteiger partial charge in [0.2, 0.25) is 15.8 Å². The van der Waals surface area contributed by atoms with Crippen molar-refractivity contribution in [2.24, 2.45) is 5.14 Å². The molecule has 0 spiro atoms. The molecule has 1 heterocycles. The number of nitrogens with one attached hydrogen (secondary N) is 1. The van der Waals surface area contributed by atoms with Gasteiger partial charge >= 0.3 is 0 Å². The van der Waals surface area contributed by atoms with Crippen LogP contribution in [0.5, 0.6) is 0 Å². The Morgan fingerprint density at radius 1 is 1.11 bits per heavy atom. The third-order valence-corrected chi connectivity index (χ3v) is 5.48. The van der Waals surface area contributed by atoms with Gasteiger partial charge in [-0.15, -0.1) is 0 Å². The monoisotopic (exact) mass is 399 g/mol. The van der Waals surface area contributed by atoms with E-state index in [1.807, 2.05) is 6.07 Å². The molecule has 0 atom stereocenters. The molecular weight excluding hydrogens is 386 g/mol. The number of thiazole rings is 1. The molecule has 0 aliphatic carbocycles. The van der Waals surface area contributed by atoms with Crippen LogP contribution in [-0.4, -0.2) is 19.2 Å². The largest absolute Gasteiger partial charge is 0.382 e. The van der Waals surface area contributed by atoms with Gasteiger partial charge in [0.05, 0.1) is 16.5 Å². The average Bonchev–Trinajstić information content (AvgIpc) is 3.01. The van der Waals surface area contributed by atoms with Crippen molar-refractivity contribution < 1.29 is 13.2 Å². The first kappa shape index (κ1) is 18.5. The molecule has 0 amide bonds. The van der Waals surface area contributed by atoms with Crippen molar-refractivity contribution in [3.63, 3.8) is 0 Å². The summed E-state index contributed by atoms with van der Waals surface area (Å²) in [6.07, 6.45) is 0. The number of carbonyl (C=O) groups excluding carboxylic acids is 1. The van der Waals surface area contributed by atoms with Crippen molar-refractivity contribution in [2.75, 3.05) is 11.1 Å². The fourth-order valence-electron chi connectivity index (χ4n) is 2.23. The van der Waals surface area contributed by atoms with Crippen LogP contribution in [0.4, 0.5) is 16.6 Å². The summed E-state index contributed by atoms with van der Waals surface area (Å²) in [5, 5.41) is 17.2. The van der Waals surface area contributed by atoms with Crippen LogP contribution in [0, 0.1) is 11.3 Å². The van der Waals surface area contributed by atoms with Gasteiger partial charge in [-0.3, -0.25) is 4.79 Å². The summed E-state index contributed by atoms with van der Waals surface area (Å²) in [4.78, 5) is 17.0. The molecule has 0 fully saturated rings. The molecule has 0 aliphatic rings. The molecule has 0 aliphatic heterocycles. The number of aromatic nitrogens is 1. The molecule has 3 rings (SSSR count). The molecule has 136 valence electrons. The Bertz CT molecular complexity index is 1140. The lowest BCUT2D eigenvalue weighted by Gasteiger charge is -2.03. The summed E-state index contributed by atoms with van der Waals surface area (Å²) in [6, 6.07) is 14.0. The first-order valence-electron chi connectivity index (χ1n) is 7.49. The Balaban J connectivity index is 1.81. The van der Waals surface area contributed by atoms with E-state index >= 15 is 0 Å². The third kappa shape index (κ3) is 4.12. The van der Waals surface area contributed by atoms with E-state index in [1.54, 1.807) is 24.3 Å². The standard InChI is InChI=1S/C17H13N5O3S2/c18-9-10-1-3-11(4-2-10)14(23)15-16(19)22-17(26-15)21-12-5-7-13(8-6-12)27(20,24)25/h1-8H,19H2,(H,21,22)(H2,20,24,25). The van der Waals surface area contributed by atoms with Crippen molar-refractivity contribution in [3.8, 4) is 6.07 Å². The van der Waals surface area contributed by atoms with Gasteiger partial charge < -0.3 is 11.1 Å². The number of rotatable bonds is 5. The molecule has 27 heavy (non-hydrogen) atoms. The Hall–Kier alpha value is -3.26. The fraction of sp³-hybridized carbons (Fsp3) is 0. The second kappa shape index (κ2) is 7.16. The van der Waals surface area contributed by atoms with Crippen molar-refractivity contribution in [3.05, 3.63) is 64.5 Å². The molecule has 0 bridgehead atoms. The maximum Gasteiger partial charge on any atom is 0.238 e. The molecule has 1 aromatic heterocycles. The van der Waals surface area contributed by atoms with Gasteiger partial charge in [0, 0.05) is 11.3 Å². The highest BCUT2D eigenvalue weighted by atomic mass is 32.2. The van der Waals surface area contributed by atoms with Gasteiger partial charge in [0.25, 0.3) is 0 Å². The molecule has 5 N–H and O–H groups in total. The van der Waals surface area contributed by atoms with Crippen molar-refractivity contribution in [1.82, 2.24) is 4.98 Å². The van der Waals surface area contributed by atoms with Crippen LogP contribution < -0.4 is 16.2 Å². The van der Waals surface area contributed by atoms with E-state index in [4.69, 9.17) is 16.1 Å². The van der Waals surface area contributed by atoms with Crippen LogP contribution in [0.1, 0.15) is 20.8 Å². The molecule has 2 aromatic carbocycles. The number of nitriles is 1. The number of nitrogens with zero attached hydrogens (tertiary/aromatic N) is 2. The second-order valence-corrected chi connectivity index (χ2v) is 8.01. The van der Waals surface area contributed by atoms with E-state index in [0.717, 1.165) is 11.3 Å². The maximum absolute atomic E-state index is 12.6. The van der Waals surface area contributed by atoms with Gasteiger partial charge in [0.15, 0.2) is 5.13 Å². The van der Waals surface area contributed by atoms with E-state index in [9.17, 15) is 13.2 Å². The molecule has 0 saturated carbocycles. The number of carbonyl (C=O) groups is 1. The van der Waals surface area contributed by atoms with Gasteiger partial charge in [-0.1, -0.05) is 11.3 Å². The van der Waals surface area contributed by atoms with Crippen molar-refractivity contribution in [2.45, 2.75) is 4.90 Å². The lowest BCUT2D eigenvalue weighted by atomic mass is 10.1. The summed E-state index contributed by atoms with van der Waals surface area (Å²) in [7, 11) is -3.77. The number of hydrogen-bond acceptors (Lipinski definition) is 8. The van der Waals surface area contributed by atoms with E-state index in [-0.39, 0.29) is 21.4 Å². The number of primary sulfonamides is 1. The zero-order valence-corrected chi connectivity index (χ0v) is 15.3. The Kier molecular flexibility index (Phi) is 4.91. The number of nitrogen functional groups attached to an aromatic ring is 1. The van der Waals surface area contributed by atoms with Crippen molar-refractivity contribution >= 4 is 43.8 Å². The zero-order chi connectivity index (χ0) is 19.6. The molecule has 10 heteroatoms. The maximum atomic E-state index is 12.6. The molecule has 0 saturated heterocycles. The summed E-state index contributed by atoms with van der Waals surface area (Å²) < 4.78 is 22.6. The molecule has 3 aromatic rings. The number of anilines is 3. The quantitative estimate of drug-likeness (QED) is 0.556. The number of nitrogens with two attached hydrogens (primary N) is 2. The first-order chi connectivity index (χ1) is 12.8. The average molecular weight is 399 g/mol. The van der Waals surface area contributed by atoms with Gasteiger partial charge in [-0.05, 0) is 48.5 Å². The number of benzene rings is 2. The third-order valence-electron chi connectivity index (χ3n) is 3.57. The van der Waals surface area contributed by atoms with Crippen LogP contribution in [-0.2, 0) is 10.0 Å². The highest BCUT2D eigenvalue weighted by molar-refractivity contribution is 7.89. The first-order valence-corrected chi connectivity index (χ1v) is 9.85. The Labute approximate surface area is 159 Å². The van der Waals surface area contributed by atoms with Crippen LogP contribution in [0.15, 0.2) is 53.4 Å². The minimum atomic E-state index is -3.77. The van der Waals surface area contributed by atoms with Gasteiger partial charge in [-0.2, -0.15) is 5.26 Å². The van der Waals surface area contributed by atoms with Gasteiger partial charge in [-0.25, -0.2) is 18.5 Å². The van der Waals surface area contributed by atoms with E-state index in [1.165, 1.54) is 24.3 Å². The second-order valence-electron chi connectivity index (χ2n) is 5.45. The summed E-state index contributed by atoms with van der Waals surface area (Å²) in [5.41, 5.74) is 7.27. The Morgan fingerprint density at radius 2 is 1.74 bits per heavy atom. The predicted molar refractivity (Wildman–Crippen MR) is 102 cm³/mol. The van der Waals surface area contributed by atoms with E-state index in [2.05, 4.69) is 10.3 Å². The summed E-state index contributed by atoms with van der Waals surface area (Å²) >= 11 is 1.07. The minimum absolute atomic E-state index is 0.0108. The van der Waals surface area contributed by atoms with Gasteiger partial charge in [0.1, 0.15) is 10.7 Å². The van der Waals surface area contributed by atoms with Crippen LogP contribution in [0.2, 0.25) is 0 Å². The van der Waals surface area contributed by atoms with Crippen LogP contribution in [0.25, 0.3) is 0 Å². The SMILES string of the molecule is N#Cc1ccc(C(=O)c2sc(Nc3ccc(S(N)(=O)=O)cc3)nc2N)cc1. The fourth-order valence-corrected chi connectivity index (χ4v) is 3.61.